The molecule has 3 aromatic rings. The smallest absolute Gasteiger partial charge is 0.240 e. The zero-order valence-corrected chi connectivity index (χ0v) is 15.9. The van der Waals surface area contributed by atoms with Crippen molar-refractivity contribution >= 4 is 27.9 Å². The Morgan fingerprint density at radius 3 is 2.56 bits per heavy atom. The topological polar surface area (TPSA) is 81.1 Å². The second-order valence-corrected chi connectivity index (χ2v) is 8.12. The number of sulfonamides is 1. The summed E-state index contributed by atoms with van der Waals surface area (Å²) in [6.45, 7) is 0.703. The molecule has 8 heteroatoms. The maximum atomic E-state index is 12.3. The van der Waals surface area contributed by atoms with Crippen LogP contribution in [0.3, 0.4) is 0 Å². The van der Waals surface area contributed by atoms with E-state index in [0.29, 0.717) is 23.7 Å². The molecule has 0 saturated heterocycles. The minimum atomic E-state index is -3.62. The van der Waals surface area contributed by atoms with E-state index in [4.69, 9.17) is 11.6 Å². The highest BCUT2D eigenvalue weighted by Gasteiger charge is 2.14. The second kappa shape index (κ2) is 8.47. The SMILES string of the molecule is O=Cc1ccc(CCNS(=O)(=O)c2ccc(Cl)cc2)n1Cc1cccnc1. The Labute approximate surface area is 162 Å². The predicted octanol–water partition coefficient (Wildman–Crippen LogP) is 2.92. The fraction of sp³-hybridized carbons (Fsp3) is 0.158. The van der Waals surface area contributed by atoms with Gasteiger partial charge in [0.05, 0.1) is 10.6 Å². The first-order valence-electron chi connectivity index (χ1n) is 8.27. The fourth-order valence-corrected chi connectivity index (χ4v) is 3.88. The molecule has 27 heavy (non-hydrogen) atoms. The summed E-state index contributed by atoms with van der Waals surface area (Å²) < 4.78 is 29.1. The van der Waals surface area contributed by atoms with E-state index in [1.165, 1.54) is 24.3 Å². The molecule has 2 aromatic heterocycles. The van der Waals surface area contributed by atoms with Crippen molar-refractivity contribution in [3.63, 3.8) is 0 Å². The van der Waals surface area contributed by atoms with Crippen LogP contribution >= 0.6 is 11.6 Å². The standard InChI is InChI=1S/C19H18ClN3O3S/c20-16-3-7-19(8-4-16)27(25,26)22-11-9-17-5-6-18(14-24)23(17)13-15-2-1-10-21-12-15/h1-8,10,12,14,22H,9,11,13H2. The van der Waals surface area contributed by atoms with Crippen molar-refractivity contribution in [1.29, 1.82) is 0 Å². The zero-order valence-electron chi connectivity index (χ0n) is 14.4. The van der Waals surface area contributed by atoms with Crippen LogP contribution in [0.2, 0.25) is 5.02 Å². The van der Waals surface area contributed by atoms with Crippen molar-refractivity contribution in [2.75, 3.05) is 6.54 Å². The average Bonchev–Trinajstić information content (AvgIpc) is 3.04. The van der Waals surface area contributed by atoms with Gasteiger partial charge in [0, 0.05) is 42.6 Å². The number of aromatic nitrogens is 2. The number of nitrogens with one attached hydrogen (secondary N) is 1. The third-order valence-electron chi connectivity index (χ3n) is 4.09. The van der Waals surface area contributed by atoms with E-state index in [1.54, 1.807) is 18.5 Å². The lowest BCUT2D eigenvalue weighted by Gasteiger charge is -2.12. The Morgan fingerprint density at radius 1 is 1.11 bits per heavy atom. The lowest BCUT2D eigenvalue weighted by Crippen LogP contribution is -2.26. The molecule has 0 atom stereocenters. The van der Waals surface area contributed by atoms with E-state index >= 15 is 0 Å². The summed E-state index contributed by atoms with van der Waals surface area (Å²) in [4.78, 5) is 15.6. The number of aldehydes is 1. The summed E-state index contributed by atoms with van der Waals surface area (Å²) in [6.07, 6.45) is 4.66. The van der Waals surface area contributed by atoms with Crippen LogP contribution in [0.1, 0.15) is 21.7 Å². The Balaban J connectivity index is 1.70. The van der Waals surface area contributed by atoms with E-state index in [2.05, 4.69) is 9.71 Å². The number of benzene rings is 1. The average molecular weight is 404 g/mol. The van der Waals surface area contributed by atoms with Crippen molar-refractivity contribution in [2.45, 2.75) is 17.9 Å². The van der Waals surface area contributed by atoms with Gasteiger partial charge in [-0.05, 0) is 48.0 Å². The highest BCUT2D eigenvalue weighted by Crippen LogP contribution is 2.15. The van der Waals surface area contributed by atoms with E-state index in [0.717, 1.165) is 17.5 Å². The number of rotatable bonds is 8. The van der Waals surface area contributed by atoms with Crippen LogP contribution in [0.15, 0.2) is 65.8 Å². The summed E-state index contributed by atoms with van der Waals surface area (Å²) in [5, 5.41) is 0.476. The maximum absolute atomic E-state index is 12.3. The third-order valence-corrected chi connectivity index (χ3v) is 5.82. The van der Waals surface area contributed by atoms with Gasteiger partial charge in [0.25, 0.3) is 0 Å². The molecule has 0 aliphatic carbocycles. The molecular weight excluding hydrogens is 386 g/mol. The number of hydrogen-bond donors (Lipinski definition) is 1. The molecule has 1 aromatic carbocycles. The molecule has 1 N–H and O–H groups in total. The predicted molar refractivity (Wildman–Crippen MR) is 104 cm³/mol. The molecule has 0 radical (unpaired) electrons. The molecule has 0 spiro atoms. The van der Waals surface area contributed by atoms with Crippen molar-refractivity contribution < 1.29 is 13.2 Å². The quantitative estimate of drug-likeness (QED) is 0.586. The van der Waals surface area contributed by atoms with Crippen molar-refractivity contribution in [1.82, 2.24) is 14.3 Å². The van der Waals surface area contributed by atoms with Crippen molar-refractivity contribution in [2.24, 2.45) is 0 Å². The Kier molecular flexibility index (Phi) is 6.05. The number of pyridine rings is 1. The fourth-order valence-electron chi connectivity index (χ4n) is 2.73. The number of halogens is 1. The van der Waals surface area contributed by atoms with Crippen LogP contribution in [-0.4, -0.2) is 30.8 Å². The number of hydrogen-bond acceptors (Lipinski definition) is 4. The van der Waals surface area contributed by atoms with Crippen LogP contribution in [-0.2, 0) is 23.0 Å². The van der Waals surface area contributed by atoms with Gasteiger partial charge in [-0.2, -0.15) is 0 Å². The van der Waals surface area contributed by atoms with Crippen LogP contribution in [0.25, 0.3) is 0 Å². The van der Waals surface area contributed by atoms with Gasteiger partial charge in [0.1, 0.15) is 0 Å². The van der Waals surface area contributed by atoms with Crippen molar-refractivity contribution in [3.8, 4) is 0 Å². The zero-order chi connectivity index (χ0) is 19.3. The first-order chi connectivity index (χ1) is 13.0. The first kappa shape index (κ1) is 19.3. The van der Waals surface area contributed by atoms with Gasteiger partial charge < -0.3 is 4.57 Å². The number of nitrogens with zero attached hydrogens (tertiary/aromatic N) is 2. The van der Waals surface area contributed by atoms with E-state index < -0.39 is 10.0 Å². The summed E-state index contributed by atoms with van der Waals surface area (Å²) in [7, 11) is -3.62. The van der Waals surface area contributed by atoms with Gasteiger partial charge >= 0.3 is 0 Å². The highest BCUT2D eigenvalue weighted by molar-refractivity contribution is 7.89. The largest absolute Gasteiger partial charge is 0.338 e. The van der Waals surface area contributed by atoms with Gasteiger partial charge in [-0.25, -0.2) is 13.1 Å². The lowest BCUT2D eigenvalue weighted by molar-refractivity contribution is 0.111. The summed E-state index contributed by atoms with van der Waals surface area (Å²) in [6, 6.07) is 13.3. The molecule has 6 nitrogen and oxygen atoms in total. The van der Waals surface area contributed by atoms with Gasteiger partial charge in [0.2, 0.25) is 10.0 Å². The first-order valence-corrected chi connectivity index (χ1v) is 10.1. The van der Waals surface area contributed by atoms with Gasteiger partial charge in [0.15, 0.2) is 6.29 Å². The molecule has 0 unspecified atom stereocenters. The molecule has 0 amide bonds. The van der Waals surface area contributed by atoms with Crippen LogP contribution < -0.4 is 4.72 Å². The molecule has 0 aliphatic heterocycles. The van der Waals surface area contributed by atoms with Gasteiger partial charge in [-0.3, -0.25) is 9.78 Å². The third kappa shape index (κ3) is 4.82. The summed E-state index contributed by atoms with van der Waals surface area (Å²) in [5.74, 6) is 0. The van der Waals surface area contributed by atoms with E-state index in [1.807, 2.05) is 22.8 Å². The molecule has 0 fully saturated rings. The molecule has 0 aliphatic rings. The van der Waals surface area contributed by atoms with E-state index in [9.17, 15) is 13.2 Å². The number of carbonyl (C=O) groups excluding carboxylic acids is 1. The Bertz CT molecular complexity index is 1020. The van der Waals surface area contributed by atoms with Gasteiger partial charge in [-0.1, -0.05) is 17.7 Å². The minimum absolute atomic E-state index is 0.159. The molecule has 0 saturated carbocycles. The highest BCUT2D eigenvalue weighted by atomic mass is 35.5. The van der Waals surface area contributed by atoms with Crippen molar-refractivity contribution in [3.05, 3.63) is 82.9 Å². The molecular formula is C19H18ClN3O3S. The molecule has 0 bridgehead atoms. The second-order valence-electron chi connectivity index (χ2n) is 5.92. The van der Waals surface area contributed by atoms with Crippen LogP contribution in [0.5, 0.6) is 0 Å². The Hall–Kier alpha value is -2.48. The van der Waals surface area contributed by atoms with Crippen LogP contribution in [0, 0.1) is 0 Å². The molecule has 140 valence electrons. The number of carbonyl (C=O) groups is 1. The monoisotopic (exact) mass is 403 g/mol. The van der Waals surface area contributed by atoms with E-state index in [-0.39, 0.29) is 11.4 Å². The summed E-state index contributed by atoms with van der Waals surface area (Å²) in [5.41, 5.74) is 2.36. The lowest BCUT2D eigenvalue weighted by atomic mass is 10.2. The molecule has 3 rings (SSSR count). The molecule has 2 heterocycles. The minimum Gasteiger partial charge on any atom is -0.338 e. The summed E-state index contributed by atoms with van der Waals surface area (Å²) >= 11 is 5.80. The normalized spacial score (nSPS) is 11.4. The maximum Gasteiger partial charge on any atom is 0.240 e. The van der Waals surface area contributed by atoms with Crippen LogP contribution in [0.4, 0.5) is 0 Å². The van der Waals surface area contributed by atoms with Gasteiger partial charge in [-0.15, -0.1) is 0 Å². The Morgan fingerprint density at radius 2 is 1.89 bits per heavy atom.